The third-order valence-electron chi connectivity index (χ3n) is 4.53. The molecule has 0 aliphatic carbocycles. The van der Waals surface area contributed by atoms with E-state index in [2.05, 4.69) is 0 Å². The lowest BCUT2D eigenvalue weighted by Crippen LogP contribution is -2.43. The van der Waals surface area contributed by atoms with Crippen molar-refractivity contribution in [3.8, 4) is 5.75 Å². The van der Waals surface area contributed by atoms with Crippen LogP contribution in [-0.4, -0.2) is 62.5 Å². The smallest absolute Gasteiger partial charge is 0.338 e. The van der Waals surface area contributed by atoms with Crippen molar-refractivity contribution < 1.29 is 27.5 Å². The number of carbonyl (C=O) groups excluding carboxylic acids is 2. The number of carbonyl (C=O) groups is 2. The molecule has 1 saturated heterocycles. The summed E-state index contributed by atoms with van der Waals surface area (Å²) < 4.78 is 33.9. The van der Waals surface area contributed by atoms with Crippen LogP contribution in [0.15, 0.2) is 29.8 Å². The summed E-state index contributed by atoms with van der Waals surface area (Å²) in [6.07, 6.45) is 2.11. The largest absolute Gasteiger partial charge is 0.488 e. The maximum Gasteiger partial charge on any atom is 0.338 e. The fraction of sp³-hybridized carbons (Fsp3) is 0.444. The summed E-state index contributed by atoms with van der Waals surface area (Å²) in [5, 5.41) is 0. The fourth-order valence-corrected chi connectivity index (χ4v) is 4.93. The van der Waals surface area contributed by atoms with Gasteiger partial charge in [-0.1, -0.05) is 18.2 Å². The van der Waals surface area contributed by atoms with Gasteiger partial charge in [-0.25, -0.2) is 13.2 Å². The molecule has 1 amide bonds. The number of esters is 1. The molecule has 0 radical (unpaired) electrons. The molecule has 7 nitrogen and oxygen atoms in total. The molecule has 2 aliphatic heterocycles. The third-order valence-corrected chi connectivity index (χ3v) is 6.28. The molecule has 8 heteroatoms. The van der Waals surface area contributed by atoms with Crippen LogP contribution < -0.4 is 4.74 Å². The van der Waals surface area contributed by atoms with Gasteiger partial charge >= 0.3 is 5.97 Å². The lowest BCUT2D eigenvalue weighted by atomic mass is 10.1. The van der Waals surface area contributed by atoms with Crippen LogP contribution >= 0.6 is 0 Å². The normalized spacial score (nSPS) is 20.5. The Hall–Kier alpha value is -2.35. The summed E-state index contributed by atoms with van der Waals surface area (Å²) in [6, 6.07) is 6.97. The van der Waals surface area contributed by atoms with Gasteiger partial charge in [0.15, 0.2) is 16.4 Å². The van der Waals surface area contributed by atoms with Crippen molar-refractivity contribution in [1.29, 1.82) is 0 Å². The van der Waals surface area contributed by atoms with E-state index in [4.69, 9.17) is 9.47 Å². The molecule has 0 N–H and O–H groups in total. The van der Waals surface area contributed by atoms with E-state index < -0.39 is 22.4 Å². The van der Waals surface area contributed by atoms with Gasteiger partial charge < -0.3 is 14.4 Å². The summed E-state index contributed by atoms with van der Waals surface area (Å²) in [7, 11) is -3.09. The molecule has 26 heavy (non-hydrogen) atoms. The van der Waals surface area contributed by atoms with Gasteiger partial charge in [0.1, 0.15) is 12.4 Å². The number of likely N-dealkylation sites (N-methyl/N-ethyl adjacent to an activating group) is 1. The van der Waals surface area contributed by atoms with Crippen LogP contribution in [0.5, 0.6) is 5.75 Å². The van der Waals surface area contributed by atoms with Crippen LogP contribution in [0.3, 0.4) is 0 Å². The highest BCUT2D eigenvalue weighted by molar-refractivity contribution is 7.91. The monoisotopic (exact) mass is 379 g/mol. The molecule has 1 aromatic carbocycles. The van der Waals surface area contributed by atoms with Crippen LogP contribution in [0.4, 0.5) is 0 Å². The van der Waals surface area contributed by atoms with Crippen LogP contribution in [0, 0.1) is 0 Å². The van der Waals surface area contributed by atoms with E-state index in [0.29, 0.717) is 24.3 Å². The number of rotatable bonds is 5. The number of hydrogen-bond donors (Lipinski definition) is 0. The summed E-state index contributed by atoms with van der Waals surface area (Å²) in [6.45, 7) is 1.82. The van der Waals surface area contributed by atoms with Gasteiger partial charge in [0.2, 0.25) is 0 Å². The van der Waals surface area contributed by atoms with Gasteiger partial charge in [0.25, 0.3) is 5.91 Å². The lowest BCUT2D eigenvalue weighted by Gasteiger charge is -2.26. The van der Waals surface area contributed by atoms with Crippen molar-refractivity contribution in [3.05, 3.63) is 35.4 Å². The second kappa shape index (κ2) is 7.49. The zero-order valence-electron chi connectivity index (χ0n) is 14.5. The first-order valence-corrected chi connectivity index (χ1v) is 10.3. The molecule has 1 fully saturated rings. The number of amides is 1. The fourth-order valence-electron chi connectivity index (χ4n) is 3.20. The highest BCUT2D eigenvalue weighted by Crippen LogP contribution is 2.26. The Morgan fingerprint density at radius 2 is 2.08 bits per heavy atom. The topological polar surface area (TPSA) is 90.0 Å². The molecular weight excluding hydrogens is 358 g/mol. The second-order valence-corrected chi connectivity index (χ2v) is 8.54. The minimum atomic E-state index is -3.09. The Morgan fingerprint density at radius 1 is 1.31 bits per heavy atom. The first-order valence-electron chi connectivity index (χ1n) is 8.49. The van der Waals surface area contributed by atoms with Gasteiger partial charge in [-0.3, -0.25) is 4.79 Å². The molecule has 0 aromatic heterocycles. The Bertz CT molecular complexity index is 845. The number of ether oxygens (including phenoxy) is 2. The van der Waals surface area contributed by atoms with Crippen LogP contribution in [0.2, 0.25) is 0 Å². The minimum Gasteiger partial charge on any atom is -0.488 e. The van der Waals surface area contributed by atoms with Crippen molar-refractivity contribution in [1.82, 2.24) is 4.90 Å². The maximum absolute atomic E-state index is 12.4. The first-order chi connectivity index (χ1) is 12.4. The van der Waals surface area contributed by atoms with Gasteiger partial charge in [0, 0.05) is 18.2 Å². The van der Waals surface area contributed by atoms with Crippen molar-refractivity contribution >= 4 is 27.8 Å². The third kappa shape index (κ3) is 4.07. The predicted molar refractivity (Wildman–Crippen MR) is 95.3 cm³/mol. The molecule has 0 bridgehead atoms. The van der Waals surface area contributed by atoms with Gasteiger partial charge in [0.05, 0.1) is 17.1 Å². The standard InChI is InChI=1S/C18H21NO6S/c1-2-19(15-7-8-26(22,23)12-15)17(20)11-25-18(21)14-9-13-5-3-4-6-16(13)24-10-14/h3-6,9,15H,2,7-8,10-12H2,1H3/t15-/m0/s1. The zero-order chi connectivity index (χ0) is 18.7. The highest BCUT2D eigenvalue weighted by Gasteiger charge is 2.34. The lowest BCUT2D eigenvalue weighted by molar-refractivity contribution is -0.150. The zero-order valence-corrected chi connectivity index (χ0v) is 15.3. The number of sulfone groups is 1. The molecule has 1 atom stereocenters. The molecular formula is C18H21NO6S. The maximum atomic E-state index is 12.4. The average molecular weight is 379 g/mol. The van der Waals surface area contributed by atoms with Crippen molar-refractivity contribution in [2.45, 2.75) is 19.4 Å². The summed E-state index contributed by atoms with van der Waals surface area (Å²) in [5.74, 6) is -0.246. The second-order valence-electron chi connectivity index (χ2n) is 6.31. The molecule has 0 unspecified atom stereocenters. The highest BCUT2D eigenvalue weighted by atomic mass is 32.2. The number of nitrogens with zero attached hydrogens (tertiary/aromatic N) is 1. The van der Waals surface area contributed by atoms with Crippen molar-refractivity contribution in [2.75, 3.05) is 31.3 Å². The van der Waals surface area contributed by atoms with Crippen molar-refractivity contribution in [2.24, 2.45) is 0 Å². The van der Waals surface area contributed by atoms with E-state index in [1.54, 1.807) is 13.0 Å². The number of fused-ring (bicyclic) bond motifs is 1. The number of benzene rings is 1. The summed E-state index contributed by atoms with van der Waals surface area (Å²) in [5.41, 5.74) is 1.12. The quantitative estimate of drug-likeness (QED) is 0.710. The van der Waals surface area contributed by atoms with E-state index in [-0.39, 0.29) is 30.1 Å². The average Bonchev–Trinajstić information content (AvgIpc) is 2.99. The summed E-state index contributed by atoms with van der Waals surface area (Å²) >= 11 is 0. The Kier molecular flexibility index (Phi) is 5.31. The van der Waals surface area contributed by atoms with Gasteiger partial charge in [-0.15, -0.1) is 0 Å². The SMILES string of the molecule is CCN(C(=O)COC(=O)C1=Cc2ccccc2OC1)[C@H]1CCS(=O)(=O)C1. The molecule has 0 saturated carbocycles. The van der Waals surface area contributed by atoms with E-state index in [1.807, 2.05) is 24.3 Å². The van der Waals surface area contributed by atoms with E-state index in [0.717, 1.165) is 5.56 Å². The van der Waals surface area contributed by atoms with Crippen LogP contribution in [0.1, 0.15) is 18.9 Å². The van der Waals surface area contributed by atoms with E-state index >= 15 is 0 Å². The molecule has 2 heterocycles. The van der Waals surface area contributed by atoms with Crippen LogP contribution in [0.25, 0.3) is 6.08 Å². The molecule has 1 aromatic rings. The van der Waals surface area contributed by atoms with Gasteiger partial charge in [-0.2, -0.15) is 0 Å². The predicted octanol–water partition coefficient (Wildman–Crippen LogP) is 1.04. The Labute approximate surface area is 152 Å². The summed E-state index contributed by atoms with van der Waals surface area (Å²) in [4.78, 5) is 26.0. The molecule has 0 spiro atoms. The van der Waals surface area contributed by atoms with E-state index in [9.17, 15) is 18.0 Å². The minimum absolute atomic E-state index is 0.0314. The molecule has 2 aliphatic rings. The van der Waals surface area contributed by atoms with E-state index in [1.165, 1.54) is 4.90 Å². The molecule has 140 valence electrons. The Balaban J connectivity index is 1.59. The van der Waals surface area contributed by atoms with Crippen molar-refractivity contribution in [3.63, 3.8) is 0 Å². The first kappa shape index (κ1) is 18.4. The Morgan fingerprint density at radius 3 is 2.77 bits per heavy atom. The number of para-hydroxylation sites is 1. The van der Waals surface area contributed by atoms with Crippen LogP contribution in [-0.2, 0) is 24.2 Å². The molecule has 3 rings (SSSR count). The van der Waals surface area contributed by atoms with Gasteiger partial charge in [-0.05, 0) is 25.5 Å². The number of hydrogen-bond acceptors (Lipinski definition) is 6.